The van der Waals surface area contributed by atoms with E-state index in [0.717, 1.165) is 0 Å². The fourth-order valence-corrected chi connectivity index (χ4v) is 1.57. The third kappa shape index (κ3) is 5.65. The van der Waals surface area contributed by atoms with E-state index in [1.165, 1.54) is 16.7 Å². The number of nitrogens with one attached hydrogen (secondary N) is 1. The van der Waals surface area contributed by atoms with Gasteiger partial charge >= 0.3 is 0 Å². The van der Waals surface area contributed by atoms with Gasteiger partial charge < -0.3 is 15.0 Å². The van der Waals surface area contributed by atoms with Gasteiger partial charge in [0.15, 0.2) is 6.61 Å². The number of thioether (sulfide) groups is 1. The number of benzene rings is 1. The zero-order chi connectivity index (χ0) is 14.3. The zero-order valence-corrected chi connectivity index (χ0v) is 12.1. The smallest absolute Gasteiger partial charge is 0.259 e. The molecule has 0 saturated carbocycles. The number of carbonyl (C=O) groups is 2. The summed E-state index contributed by atoms with van der Waals surface area (Å²) in [5.74, 6) is 0.884. The third-order valence-electron chi connectivity index (χ3n) is 2.27. The van der Waals surface area contributed by atoms with E-state index in [4.69, 9.17) is 4.74 Å². The molecule has 0 aromatic heterocycles. The molecule has 0 bridgehead atoms. The van der Waals surface area contributed by atoms with Gasteiger partial charge in [0.1, 0.15) is 5.75 Å². The summed E-state index contributed by atoms with van der Waals surface area (Å²) >= 11 is 1.47. The highest BCUT2D eigenvalue weighted by Gasteiger charge is 2.05. The van der Waals surface area contributed by atoms with Crippen LogP contribution in [0.25, 0.3) is 0 Å². The van der Waals surface area contributed by atoms with Crippen LogP contribution in [0.3, 0.4) is 0 Å². The molecule has 104 valence electrons. The van der Waals surface area contributed by atoms with Gasteiger partial charge in [-0.05, 0) is 30.5 Å². The normalized spacial score (nSPS) is 9.84. The fraction of sp³-hybridized carbons (Fsp3) is 0.385. The molecule has 0 radical (unpaired) electrons. The molecule has 1 aromatic rings. The van der Waals surface area contributed by atoms with Crippen LogP contribution in [-0.2, 0) is 9.59 Å². The van der Waals surface area contributed by atoms with Crippen LogP contribution in [0.1, 0.15) is 0 Å². The zero-order valence-electron chi connectivity index (χ0n) is 11.3. The van der Waals surface area contributed by atoms with E-state index >= 15 is 0 Å². The quantitative estimate of drug-likeness (QED) is 0.858. The second-order valence-electron chi connectivity index (χ2n) is 4.08. The predicted molar refractivity (Wildman–Crippen MR) is 77.6 cm³/mol. The van der Waals surface area contributed by atoms with E-state index in [1.807, 2.05) is 6.26 Å². The highest BCUT2D eigenvalue weighted by molar-refractivity contribution is 7.99. The molecule has 0 saturated heterocycles. The Morgan fingerprint density at radius 3 is 2.42 bits per heavy atom. The van der Waals surface area contributed by atoms with Crippen LogP contribution >= 0.6 is 11.8 Å². The molecule has 0 aliphatic carbocycles. The molecule has 6 heteroatoms. The van der Waals surface area contributed by atoms with Crippen LogP contribution in [0.5, 0.6) is 5.75 Å². The number of amides is 2. The van der Waals surface area contributed by atoms with Crippen LogP contribution in [0.4, 0.5) is 5.69 Å². The van der Waals surface area contributed by atoms with Crippen LogP contribution in [0, 0.1) is 0 Å². The lowest BCUT2D eigenvalue weighted by Gasteiger charge is -2.11. The number of ether oxygens (including phenoxy) is 1. The van der Waals surface area contributed by atoms with E-state index in [2.05, 4.69) is 5.32 Å². The average molecular weight is 282 g/mol. The maximum absolute atomic E-state index is 11.4. The van der Waals surface area contributed by atoms with E-state index in [9.17, 15) is 9.59 Å². The number of hydrogen-bond acceptors (Lipinski definition) is 4. The largest absolute Gasteiger partial charge is 0.484 e. The Labute approximate surface area is 117 Å². The number of likely N-dealkylation sites (N-methyl/N-ethyl adjacent to an activating group) is 1. The Morgan fingerprint density at radius 2 is 1.89 bits per heavy atom. The number of hydrogen-bond donors (Lipinski definition) is 1. The fourth-order valence-electron chi connectivity index (χ4n) is 1.24. The Morgan fingerprint density at radius 1 is 1.26 bits per heavy atom. The number of anilines is 1. The van der Waals surface area contributed by atoms with Crippen molar-refractivity contribution in [1.29, 1.82) is 0 Å². The summed E-state index contributed by atoms with van der Waals surface area (Å²) in [6, 6.07) is 6.93. The SMILES string of the molecule is CSCC(=O)Nc1ccc(OCC(=O)N(C)C)cc1. The third-order valence-corrected chi connectivity index (χ3v) is 2.83. The van der Waals surface area contributed by atoms with E-state index in [0.29, 0.717) is 17.2 Å². The second kappa shape index (κ2) is 7.68. The molecule has 1 aromatic carbocycles. The summed E-state index contributed by atoms with van der Waals surface area (Å²) in [6.07, 6.45) is 1.87. The van der Waals surface area contributed by atoms with E-state index in [1.54, 1.807) is 38.4 Å². The monoisotopic (exact) mass is 282 g/mol. The maximum Gasteiger partial charge on any atom is 0.259 e. The minimum Gasteiger partial charge on any atom is -0.484 e. The van der Waals surface area contributed by atoms with Crippen molar-refractivity contribution in [2.75, 3.05) is 38.0 Å². The summed E-state index contributed by atoms with van der Waals surface area (Å²) in [5, 5.41) is 2.76. The molecule has 0 aliphatic rings. The first-order chi connectivity index (χ1) is 9.02. The first-order valence-electron chi connectivity index (χ1n) is 5.74. The summed E-state index contributed by atoms with van der Waals surface area (Å²) in [4.78, 5) is 24.2. The standard InChI is InChI=1S/C13H18N2O3S/c1-15(2)13(17)8-18-11-6-4-10(5-7-11)14-12(16)9-19-3/h4-7H,8-9H2,1-3H3,(H,14,16). The van der Waals surface area contributed by atoms with Gasteiger partial charge in [0.05, 0.1) is 5.75 Å². The van der Waals surface area contributed by atoms with Crippen molar-refractivity contribution in [1.82, 2.24) is 4.90 Å². The van der Waals surface area contributed by atoms with Crippen molar-refractivity contribution < 1.29 is 14.3 Å². The molecule has 5 nitrogen and oxygen atoms in total. The van der Waals surface area contributed by atoms with Gasteiger partial charge in [0.2, 0.25) is 5.91 Å². The van der Waals surface area contributed by atoms with E-state index in [-0.39, 0.29) is 18.4 Å². The molecule has 2 amide bonds. The van der Waals surface area contributed by atoms with Crippen molar-refractivity contribution >= 4 is 29.3 Å². The van der Waals surface area contributed by atoms with Gasteiger partial charge in [-0.25, -0.2) is 0 Å². The molecule has 0 heterocycles. The minimum absolute atomic E-state index is 0.00514. The minimum atomic E-state index is -0.0997. The van der Waals surface area contributed by atoms with Gasteiger partial charge in [-0.1, -0.05) is 0 Å². The van der Waals surface area contributed by atoms with Gasteiger partial charge in [-0.3, -0.25) is 9.59 Å². The Bertz CT molecular complexity index is 432. The van der Waals surface area contributed by atoms with Crippen LogP contribution in [-0.4, -0.2) is 49.4 Å². The Balaban J connectivity index is 2.47. The van der Waals surface area contributed by atoms with Crippen LogP contribution < -0.4 is 10.1 Å². The lowest BCUT2D eigenvalue weighted by Crippen LogP contribution is -2.27. The molecular formula is C13H18N2O3S. The number of carbonyl (C=O) groups excluding carboxylic acids is 2. The van der Waals surface area contributed by atoms with Crippen molar-refractivity contribution in [2.45, 2.75) is 0 Å². The van der Waals surface area contributed by atoms with Crippen molar-refractivity contribution in [2.24, 2.45) is 0 Å². The van der Waals surface area contributed by atoms with Crippen LogP contribution in [0.2, 0.25) is 0 Å². The highest BCUT2D eigenvalue weighted by atomic mass is 32.2. The van der Waals surface area contributed by atoms with Crippen molar-refractivity contribution in [3.63, 3.8) is 0 Å². The number of rotatable bonds is 6. The van der Waals surface area contributed by atoms with Crippen molar-refractivity contribution in [3.8, 4) is 5.75 Å². The Hall–Kier alpha value is -1.69. The maximum atomic E-state index is 11.4. The van der Waals surface area contributed by atoms with Gasteiger partial charge in [0.25, 0.3) is 5.91 Å². The average Bonchev–Trinajstić information content (AvgIpc) is 2.37. The summed E-state index contributed by atoms with van der Waals surface area (Å²) in [6.45, 7) is 0.00514. The van der Waals surface area contributed by atoms with Crippen LogP contribution in [0.15, 0.2) is 24.3 Å². The lowest BCUT2D eigenvalue weighted by atomic mass is 10.3. The predicted octanol–water partition coefficient (Wildman–Crippen LogP) is 1.46. The van der Waals surface area contributed by atoms with Crippen molar-refractivity contribution in [3.05, 3.63) is 24.3 Å². The molecule has 1 rings (SSSR count). The molecule has 0 aliphatic heterocycles. The number of nitrogens with zero attached hydrogens (tertiary/aromatic N) is 1. The second-order valence-corrected chi connectivity index (χ2v) is 4.95. The summed E-state index contributed by atoms with van der Waals surface area (Å²) < 4.78 is 5.33. The first-order valence-corrected chi connectivity index (χ1v) is 7.14. The molecule has 19 heavy (non-hydrogen) atoms. The summed E-state index contributed by atoms with van der Waals surface area (Å²) in [7, 11) is 3.35. The molecular weight excluding hydrogens is 264 g/mol. The molecule has 0 spiro atoms. The van der Waals surface area contributed by atoms with E-state index < -0.39 is 0 Å². The lowest BCUT2D eigenvalue weighted by molar-refractivity contribution is -0.130. The van der Waals surface area contributed by atoms with Gasteiger partial charge in [-0.15, -0.1) is 0 Å². The topological polar surface area (TPSA) is 58.6 Å². The molecule has 0 unspecified atom stereocenters. The molecule has 0 fully saturated rings. The molecule has 1 N–H and O–H groups in total. The van der Waals surface area contributed by atoms with Gasteiger partial charge in [0, 0.05) is 19.8 Å². The van der Waals surface area contributed by atoms with Gasteiger partial charge in [-0.2, -0.15) is 11.8 Å². The summed E-state index contributed by atoms with van der Waals surface area (Å²) in [5.41, 5.74) is 0.713. The highest BCUT2D eigenvalue weighted by Crippen LogP contribution is 2.15. The first kappa shape index (κ1) is 15.4. The Kier molecular flexibility index (Phi) is 6.21. The molecule has 0 atom stereocenters.